The monoisotopic (exact) mass is 282 g/mol. The number of aliphatic hydroxyl groups excluding tert-OH is 1. The predicted molar refractivity (Wildman–Crippen MR) is 73.6 cm³/mol. The van der Waals surface area contributed by atoms with Crippen LogP contribution in [-0.2, 0) is 0 Å². The van der Waals surface area contributed by atoms with Gasteiger partial charge in [0.1, 0.15) is 11.6 Å². The second kappa shape index (κ2) is 6.47. The van der Waals surface area contributed by atoms with Gasteiger partial charge in [0.05, 0.1) is 20.3 Å². The summed E-state index contributed by atoms with van der Waals surface area (Å²) in [5, 5.41) is 10.6. The second-order valence-electron chi connectivity index (χ2n) is 4.28. The van der Waals surface area contributed by atoms with Crippen molar-refractivity contribution in [3.63, 3.8) is 0 Å². The van der Waals surface area contributed by atoms with E-state index in [1.54, 1.807) is 31.5 Å². The molecule has 0 saturated heterocycles. The van der Waals surface area contributed by atoms with Crippen molar-refractivity contribution in [2.45, 2.75) is 6.43 Å². The summed E-state index contributed by atoms with van der Waals surface area (Å²) in [4.78, 5) is 5.56. The Labute approximate surface area is 115 Å². The van der Waals surface area contributed by atoms with Crippen LogP contribution in [0, 0.1) is 0 Å². The van der Waals surface area contributed by atoms with Gasteiger partial charge in [-0.15, -0.1) is 0 Å². The van der Waals surface area contributed by atoms with Gasteiger partial charge in [-0.05, 0) is 29.7 Å². The summed E-state index contributed by atoms with van der Waals surface area (Å²) >= 11 is 0. The number of benzene rings is 1. The van der Waals surface area contributed by atoms with E-state index in [0.717, 1.165) is 10.8 Å². The molecule has 0 saturated carbocycles. The van der Waals surface area contributed by atoms with Crippen molar-refractivity contribution in [1.82, 2.24) is 4.98 Å². The highest BCUT2D eigenvalue weighted by atomic mass is 19.3. The quantitative estimate of drug-likeness (QED) is 0.883. The summed E-state index contributed by atoms with van der Waals surface area (Å²) in [5.41, 5.74) is 0. The number of halogens is 2. The Morgan fingerprint density at radius 2 is 2.15 bits per heavy atom. The number of hydrogen-bond acceptors (Lipinski definition) is 4. The molecule has 0 radical (unpaired) electrons. The van der Waals surface area contributed by atoms with E-state index in [1.165, 1.54) is 4.90 Å². The molecule has 1 aromatic carbocycles. The van der Waals surface area contributed by atoms with Crippen LogP contribution in [0.4, 0.5) is 14.6 Å². The molecule has 1 aromatic heterocycles. The maximum absolute atomic E-state index is 12.6. The minimum absolute atomic E-state index is 0.114. The second-order valence-corrected chi connectivity index (χ2v) is 4.28. The molecule has 0 aliphatic heterocycles. The number of aliphatic hydroxyl groups is 1. The molecule has 108 valence electrons. The maximum atomic E-state index is 12.6. The van der Waals surface area contributed by atoms with E-state index in [2.05, 4.69) is 4.98 Å². The molecule has 0 unspecified atom stereocenters. The predicted octanol–water partition coefficient (Wildman–Crippen LogP) is 2.31. The van der Waals surface area contributed by atoms with E-state index in [9.17, 15) is 8.78 Å². The van der Waals surface area contributed by atoms with Crippen molar-refractivity contribution in [2.24, 2.45) is 0 Å². The van der Waals surface area contributed by atoms with Gasteiger partial charge in [-0.2, -0.15) is 0 Å². The number of hydrogen-bond donors (Lipinski definition) is 1. The third-order valence-corrected chi connectivity index (χ3v) is 2.98. The van der Waals surface area contributed by atoms with Crippen LogP contribution in [0.3, 0.4) is 0 Å². The summed E-state index contributed by atoms with van der Waals surface area (Å²) in [6, 6.07) is 7.15. The van der Waals surface area contributed by atoms with Crippen LogP contribution in [0.5, 0.6) is 5.75 Å². The fourth-order valence-corrected chi connectivity index (χ4v) is 2.09. The molecule has 0 aliphatic carbocycles. The van der Waals surface area contributed by atoms with Crippen LogP contribution in [0.1, 0.15) is 0 Å². The molecule has 20 heavy (non-hydrogen) atoms. The van der Waals surface area contributed by atoms with E-state index in [-0.39, 0.29) is 13.2 Å². The Balaban J connectivity index is 2.45. The number of pyridine rings is 1. The van der Waals surface area contributed by atoms with Gasteiger partial charge in [-0.1, -0.05) is 0 Å². The molecule has 0 bridgehead atoms. The van der Waals surface area contributed by atoms with E-state index < -0.39 is 13.0 Å². The summed E-state index contributed by atoms with van der Waals surface area (Å²) in [7, 11) is 1.57. The Kier molecular flexibility index (Phi) is 4.68. The van der Waals surface area contributed by atoms with Crippen molar-refractivity contribution in [2.75, 3.05) is 31.7 Å². The summed E-state index contributed by atoms with van der Waals surface area (Å²) < 4.78 is 30.4. The molecule has 1 N–H and O–H groups in total. The molecule has 2 rings (SSSR count). The topological polar surface area (TPSA) is 45.6 Å². The first-order chi connectivity index (χ1) is 9.65. The zero-order valence-electron chi connectivity index (χ0n) is 11.1. The summed E-state index contributed by atoms with van der Waals surface area (Å²) in [6.07, 6.45) is -0.927. The molecule has 0 aliphatic rings. The van der Waals surface area contributed by atoms with Crippen molar-refractivity contribution in [3.8, 4) is 5.75 Å². The van der Waals surface area contributed by atoms with Crippen LogP contribution in [-0.4, -0.2) is 43.3 Å². The minimum atomic E-state index is -2.49. The van der Waals surface area contributed by atoms with Crippen LogP contribution in [0.25, 0.3) is 10.8 Å². The molecular formula is C14H16F2N2O2. The van der Waals surface area contributed by atoms with Gasteiger partial charge in [0.15, 0.2) is 0 Å². The van der Waals surface area contributed by atoms with Gasteiger partial charge < -0.3 is 14.7 Å². The van der Waals surface area contributed by atoms with Crippen molar-refractivity contribution in [3.05, 3.63) is 30.5 Å². The number of anilines is 1. The molecule has 0 spiro atoms. The van der Waals surface area contributed by atoms with Gasteiger partial charge >= 0.3 is 0 Å². The number of fused-ring (bicyclic) bond motifs is 1. The number of methoxy groups -OCH3 is 1. The number of ether oxygens (including phenoxy) is 1. The largest absolute Gasteiger partial charge is 0.497 e. The van der Waals surface area contributed by atoms with Gasteiger partial charge in [0.25, 0.3) is 6.43 Å². The van der Waals surface area contributed by atoms with E-state index in [1.807, 2.05) is 6.07 Å². The molecule has 4 nitrogen and oxygen atoms in total. The lowest BCUT2D eigenvalue weighted by Gasteiger charge is -2.23. The average molecular weight is 282 g/mol. The highest BCUT2D eigenvalue weighted by molar-refractivity contribution is 5.93. The Morgan fingerprint density at radius 3 is 2.80 bits per heavy atom. The lowest BCUT2D eigenvalue weighted by atomic mass is 10.1. The van der Waals surface area contributed by atoms with Gasteiger partial charge in [0, 0.05) is 18.1 Å². The summed E-state index contributed by atoms with van der Waals surface area (Å²) in [6.45, 7) is -0.553. The van der Waals surface area contributed by atoms with Gasteiger partial charge in [-0.3, -0.25) is 0 Å². The normalized spacial score (nSPS) is 11.1. The zero-order chi connectivity index (χ0) is 14.5. The Bertz CT molecular complexity index is 578. The number of aromatic nitrogens is 1. The first-order valence-electron chi connectivity index (χ1n) is 6.22. The highest BCUT2D eigenvalue weighted by Crippen LogP contribution is 2.27. The van der Waals surface area contributed by atoms with Crippen molar-refractivity contribution in [1.29, 1.82) is 0 Å². The van der Waals surface area contributed by atoms with Crippen molar-refractivity contribution >= 4 is 16.6 Å². The van der Waals surface area contributed by atoms with Gasteiger partial charge in [0.2, 0.25) is 0 Å². The number of nitrogens with zero attached hydrogens (tertiary/aromatic N) is 2. The average Bonchev–Trinajstić information content (AvgIpc) is 2.45. The summed E-state index contributed by atoms with van der Waals surface area (Å²) in [5.74, 6) is 1.14. The van der Waals surface area contributed by atoms with Crippen molar-refractivity contribution < 1.29 is 18.6 Å². The molecule has 6 heteroatoms. The molecular weight excluding hydrogens is 266 g/mol. The first-order valence-corrected chi connectivity index (χ1v) is 6.22. The fraction of sp³-hybridized carbons (Fsp3) is 0.357. The van der Waals surface area contributed by atoms with Gasteiger partial charge in [-0.25, -0.2) is 13.8 Å². The van der Waals surface area contributed by atoms with Crippen LogP contribution in [0.2, 0.25) is 0 Å². The first kappa shape index (κ1) is 14.5. The van der Waals surface area contributed by atoms with E-state index in [4.69, 9.17) is 9.84 Å². The van der Waals surface area contributed by atoms with Crippen LogP contribution >= 0.6 is 0 Å². The fourth-order valence-electron chi connectivity index (χ4n) is 2.09. The smallest absolute Gasteiger partial charge is 0.255 e. The molecule has 0 amide bonds. The molecule has 2 aromatic rings. The minimum Gasteiger partial charge on any atom is -0.497 e. The van der Waals surface area contributed by atoms with E-state index in [0.29, 0.717) is 11.6 Å². The van der Waals surface area contributed by atoms with Crippen LogP contribution in [0.15, 0.2) is 30.5 Å². The maximum Gasteiger partial charge on any atom is 0.255 e. The third kappa shape index (κ3) is 3.14. The lowest BCUT2D eigenvalue weighted by Crippen LogP contribution is -2.32. The third-order valence-electron chi connectivity index (χ3n) is 2.98. The molecule has 1 heterocycles. The van der Waals surface area contributed by atoms with Crippen LogP contribution < -0.4 is 9.64 Å². The number of rotatable bonds is 6. The highest BCUT2D eigenvalue weighted by Gasteiger charge is 2.16. The van der Waals surface area contributed by atoms with E-state index >= 15 is 0 Å². The molecule has 0 fully saturated rings. The molecule has 0 atom stereocenters. The Hall–Kier alpha value is -1.95. The lowest BCUT2D eigenvalue weighted by molar-refractivity contribution is 0.152. The Morgan fingerprint density at radius 1 is 1.35 bits per heavy atom. The number of alkyl halides is 2. The standard InChI is InChI=1S/C14H16F2N2O2/c1-20-11-2-3-12-10(8-11)4-5-17-14(12)18(6-7-19)9-13(15)16/h2-5,8,13,19H,6-7,9H2,1H3. The zero-order valence-corrected chi connectivity index (χ0v) is 11.1. The SMILES string of the molecule is COc1ccc2c(N(CCO)CC(F)F)nccc2c1.